The van der Waals surface area contributed by atoms with E-state index in [0.29, 0.717) is 24.6 Å². The Labute approximate surface area is 163 Å². The predicted octanol–water partition coefficient (Wildman–Crippen LogP) is 4.38. The van der Waals surface area contributed by atoms with E-state index in [1.54, 1.807) is 0 Å². The predicted molar refractivity (Wildman–Crippen MR) is 113 cm³/mol. The summed E-state index contributed by atoms with van der Waals surface area (Å²) in [5, 5.41) is 13.5. The maximum absolute atomic E-state index is 9.99. The summed E-state index contributed by atoms with van der Waals surface area (Å²) in [5.74, 6) is 0.402. The molecule has 0 aromatic heterocycles. The van der Waals surface area contributed by atoms with Crippen LogP contribution in [0, 0.1) is 12.8 Å². The van der Waals surface area contributed by atoms with Gasteiger partial charge >= 0.3 is 0 Å². The number of nitrogens with one attached hydrogen (secondary N) is 1. The minimum Gasteiger partial charge on any atom is -0.396 e. The van der Waals surface area contributed by atoms with Crippen LogP contribution in [-0.2, 0) is 0 Å². The van der Waals surface area contributed by atoms with Gasteiger partial charge < -0.3 is 15.3 Å². The van der Waals surface area contributed by atoms with Crippen LogP contribution in [0.2, 0.25) is 0 Å². The molecule has 0 radical (unpaired) electrons. The van der Waals surface area contributed by atoms with Crippen molar-refractivity contribution in [2.75, 3.05) is 24.6 Å². The Hall–Kier alpha value is -1.84. The van der Waals surface area contributed by atoms with Gasteiger partial charge in [-0.1, -0.05) is 48.9 Å². The lowest BCUT2D eigenvalue weighted by atomic mass is 9.92. The number of rotatable bonds is 5. The first kappa shape index (κ1) is 18.5. The van der Waals surface area contributed by atoms with Crippen LogP contribution in [0.5, 0.6) is 0 Å². The molecule has 1 saturated heterocycles. The van der Waals surface area contributed by atoms with Crippen LogP contribution in [0.25, 0.3) is 11.1 Å². The van der Waals surface area contributed by atoms with Crippen molar-refractivity contribution in [3.8, 4) is 11.1 Å². The zero-order valence-electron chi connectivity index (χ0n) is 16.4. The highest BCUT2D eigenvalue weighted by Crippen LogP contribution is 2.39. The lowest BCUT2D eigenvalue weighted by Gasteiger charge is -2.43. The van der Waals surface area contributed by atoms with E-state index < -0.39 is 0 Å². The largest absolute Gasteiger partial charge is 0.396 e. The minimum absolute atomic E-state index is 0.309. The first-order valence-electron chi connectivity index (χ1n) is 10.5. The SMILES string of the molecule is Cc1c(-c2ccccc2)cccc1N(C1CCNCC1)[C@H]1CCC[C@H]1CO. The molecule has 2 aliphatic rings. The molecule has 144 valence electrons. The molecule has 2 N–H and O–H groups in total. The number of anilines is 1. The zero-order chi connectivity index (χ0) is 18.6. The maximum atomic E-state index is 9.99. The lowest BCUT2D eigenvalue weighted by Crippen LogP contribution is -2.50. The molecule has 2 aromatic rings. The van der Waals surface area contributed by atoms with Gasteiger partial charge in [-0.25, -0.2) is 0 Å². The molecule has 1 heterocycles. The van der Waals surface area contributed by atoms with E-state index in [4.69, 9.17) is 0 Å². The quantitative estimate of drug-likeness (QED) is 0.826. The Morgan fingerprint density at radius 3 is 2.48 bits per heavy atom. The first-order valence-corrected chi connectivity index (χ1v) is 10.5. The van der Waals surface area contributed by atoms with Crippen molar-refractivity contribution in [2.24, 2.45) is 5.92 Å². The van der Waals surface area contributed by atoms with E-state index in [1.807, 2.05) is 0 Å². The molecule has 27 heavy (non-hydrogen) atoms. The fourth-order valence-corrected chi connectivity index (χ4v) is 5.16. The maximum Gasteiger partial charge on any atom is 0.0478 e. The van der Waals surface area contributed by atoms with Crippen molar-refractivity contribution >= 4 is 5.69 Å². The van der Waals surface area contributed by atoms with Crippen molar-refractivity contribution in [2.45, 2.75) is 51.1 Å². The van der Waals surface area contributed by atoms with E-state index in [-0.39, 0.29) is 0 Å². The molecule has 1 aliphatic heterocycles. The van der Waals surface area contributed by atoms with Crippen molar-refractivity contribution < 1.29 is 5.11 Å². The Kier molecular flexibility index (Phi) is 5.80. The van der Waals surface area contributed by atoms with Crippen LogP contribution in [0.1, 0.15) is 37.7 Å². The number of aliphatic hydroxyl groups excluding tert-OH is 1. The van der Waals surface area contributed by atoms with Gasteiger partial charge in [0.25, 0.3) is 0 Å². The topological polar surface area (TPSA) is 35.5 Å². The molecule has 4 rings (SSSR count). The van der Waals surface area contributed by atoms with Gasteiger partial charge in [0, 0.05) is 30.3 Å². The highest BCUT2D eigenvalue weighted by atomic mass is 16.3. The summed E-state index contributed by atoms with van der Waals surface area (Å²) in [6.45, 7) is 4.77. The van der Waals surface area contributed by atoms with Crippen LogP contribution in [-0.4, -0.2) is 36.9 Å². The fourth-order valence-electron chi connectivity index (χ4n) is 5.16. The van der Waals surface area contributed by atoms with E-state index in [0.717, 1.165) is 19.5 Å². The van der Waals surface area contributed by atoms with E-state index in [2.05, 4.69) is 65.7 Å². The Balaban J connectivity index is 1.75. The molecule has 3 nitrogen and oxygen atoms in total. The van der Waals surface area contributed by atoms with Crippen molar-refractivity contribution in [3.05, 3.63) is 54.1 Å². The normalized spacial score (nSPS) is 23.5. The van der Waals surface area contributed by atoms with Crippen LogP contribution >= 0.6 is 0 Å². The zero-order valence-corrected chi connectivity index (χ0v) is 16.4. The van der Waals surface area contributed by atoms with Crippen molar-refractivity contribution in [1.82, 2.24) is 5.32 Å². The monoisotopic (exact) mass is 364 g/mol. The smallest absolute Gasteiger partial charge is 0.0478 e. The van der Waals surface area contributed by atoms with Gasteiger partial charge in [0.05, 0.1) is 0 Å². The van der Waals surface area contributed by atoms with Crippen molar-refractivity contribution in [3.63, 3.8) is 0 Å². The molecule has 2 aromatic carbocycles. The lowest BCUT2D eigenvalue weighted by molar-refractivity contribution is 0.208. The van der Waals surface area contributed by atoms with Crippen LogP contribution in [0.15, 0.2) is 48.5 Å². The highest BCUT2D eigenvalue weighted by molar-refractivity contribution is 5.74. The van der Waals surface area contributed by atoms with Gasteiger partial charge in [0.1, 0.15) is 0 Å². The van der Waals surface area contributed by atoms with Crippen molar-refractivity contribution in [1.29, 1.82) is 0 Å². The third-order valence-electron chi connectivity index (χ3n) is 6.58. The average Bonchev–Trinajstić information content (AvgIpc) is 3.19. The third-order valence-corrected chi connectivity index (χ3v) is 6.58. The number of piperidine rings is 1. The van der Waals surface area contributed by atoms with E-state index >= 15 is 0 Å². The molecule has 0 bridgehead atoms. The van der Waals surface area contributed by atoms with Gasteiger partial charge in [-0.15, -0.1) is 0 Å². The second kappa shape index (κ2) is 8.45. The number of aliphatic hydroxyl groups is 1. The summed E-state index contributed by atoms with van der Waals surface area (Å²) in [7, 11) is 0. The first-order chi connectivity index (χ1) is 13.3. The summed E-state index contributed by atoms with van der Waals surface area (Å²) in [5.41, 5.74) is 5.34. The van der Waals surface area contributed by atoms with Crippen LogP contribution < -0.4 is 10.2 Å². The Bertz CT molecular complexity index is 739. The van der Waals surface area contributed by atoms with Gasteiger partial charge in [0.2, 0.25) is 0 Å². The fraction of sp³-hybridized carbons (Fsp3) is 0.500. The number of hydrogen-bond donors (Lipinski definition) is 2. The molecular formula is C24H32N2O. The van der Waals surface area contributed by atoms with Gasteiger partial charge in [-0.3, -0.25) is 0 Å². The number of hydrogen-bond acceptors (Lipinski definition) is 3. The summed E-state index contributed by atoms with van der Waals surface area (Å²) < 4.78 is 0. The van der Waals surface area contributed by atoms with Crippen LogP contribution in [0.3, 0.4) is 0 Å². The molecule has 2 atom stereocenters. The van der Waals surface area contributed by atoms with Gasteiger partial charge in [-0.05, 0) is 68.5 Å². The third kappa shape index (κ3) is 3.76. The highest BCUT2D eigenvalue weighted by Gasteiger charge is 2.36. The molecule has 0 spiro atoms. The second-order valence-electron chi connectivity index (χ2n) is 8.15. The molecule has 2 fully saturated rings. The van der Waals surface area contributed by atoms with Gasteiger partial charge in [-0.2, -0.15) is 0 Å². The Morgan fingerprint density at radius 2 is 1.74 bits per heavy atom. The van der Waals surface area contributed by atoms with E-state index in [9.17, 15) is 5.11 Å². The van der Waals surface area contributed by atoms with Crippen LogP contribution in [0.4, 0.5) is 5.69 Å². The molecule has 1 aliphatic carbocycles. The minimum atomic E-state index is 0.309. The summed E-state index contributed by atoms with van der Waals surface area (Å²) >= 11 is 0. The molecule has 1 saturated carbocycles. The van der Waals surface area contributed by atoms with E-state index in [1.165, 1.54) is 48.1 Å². The summed E-state index contributed by atoms with van der Waals surface area (Å²) in [4.78, 5) is 2.70. The standard InChI is InChI=1S/C24H32N2O/c1-18-22(19-7-3-2-4-8-19)10-6-11-23(18)26(21-13-15-25-16-14-21)24-12-5-9-20(24)17-27/h2-4,6-8,10-11,20-21,24-25,27H,5,9,12-17H2,1H3/t20-,24-/m0/s1. The average molecular weight is 365 g/mol. The molecule has 3 heteroatoms. The number of nitrogens with zero attached hydrogens (tertiary/aromatic N) is 1. The molecule has 0 unspecified atom stereocenters. The molecular weight excluding hydrogens is 332 g/mol. The summed E-state index contributed by atoms with van der Waals surface area (Å²) in [6, 6.07) is 18.5. The second-order valence-corrected chi connectivity index (χ2v) is 8.15. The number of benzene rings is 2. The van der Waals surface area contributed by atoms with Gasteiger partial charge in [0.15, 0.2) is 0 Å². The molecule has 0 amide bonds. The Morgan fingerprint density at radius 1 is 0.963 bits per heavy atom. The summed E-state index contributed by atoms with van der Waals surface area (Å²) in [6.07, 6.45) is 5.95.